The Morgan fingerprint density at radius 3 is 2.67 bits per heavy atom. The van der Waals surface area contributed by atoms with Crippen molar-refractivity contribution < 1.29 is 14.3 Å². The van der Waals surface area contributed by atoms with E-state index < -0.39 is 6.10 Å². The Morgan fingerprint density at radius 1 is 1.33 bits per heavy atom. The second kappa shape index (κ2) is 5.71. The molecule has 0 spiro atoms. The molecule has 0 saturated carbocycles. The Morgan fingerprint density at radius 2 is 2.06 bits per heavy atom. The SMILES string of the molecule is O=C(NCC(O)c1ccc(Cl)cc1)c1ccco1. The number of hydrogen-bond donors (Lipinski definition) is 2. The Kier molecular flexibility index (Phi) is 4.02. The van der Waals surface area contributed by atoms with E-state index in [-0.39, 0.29) is 18.2 Å². The summed E-state index contributed by atoms with van der Waals surface area (Å²) in [4.78, 5) is 11.6. The van der Waals surface area contributed by atoms with Gasteiger partial charge in [0, 0.05) is 11.6 Å². The Balaban J connectivity index is 1.90. The third-order valence-corrected chi connectivity index (χ3v) is 2.71. The van der Waals surface area contributed by atoms with Gasteiger partial charge in [-0.25, -0.2) is 0 Å². The molecule has 0 aliphatic carbocycles. The molecule has 18 heavy (non-hydrogen) atoms. The lowest BCUT2D eigenvalue weighted by Crippen LogP contribution is -2.28. The van der Waals surface area contributed by atoms with Crippen molar-refractivity contribution in [1.82, 2.24) is 5.32 Å². The number of aliphatic hydroxyl groups is 1. The molecule has 2 rings (SSSR count). The van der Waals surface area contributed by atoms with Gasteiger partial charge in [0.2, 0.25) is 0 Å². The molecule has 1 atom stereocenters. The van der Waals surface area contributed by atoms with Crippen LogP contribution in [0.15, 0.2) is 47.1 Å². The van der Waals surface area contributed by atoms with Gasteiger partial charge in [-0.1, -0.05) is 23.7 Å². The van der Waals surface area contributed by atoms with Gasteiger partial charge in [0.1, 0.15) is 0 Å². The molecule has 94 valence electrons. The summed E-state index contributed by atoms with van der Waals surface area (Å²) < 4.78 is 4.94. The van der Waals surface area contributed by atoms with Gasteiger partial charge in [-0.15, -0.1) is 0 Å². The summed E-state index contributed by atoms with van der Waals surface area (Å²) in [6.45, 7) is 0.112. The normalized spacial score (nSPS) is 12.1. The van der Waals surface area contributed by atoms with Gasteiger partial charge >= 0.3 is 0 Å². The standard InChI is InChI=1S/C13H12ClNO3/c14-10-5-3-9(4-6-10)11(16)8-15-13(17)12-2-1-7-18-12/h1-7,11,16H,8H2,(H,15,17). The highest BCUT2D eigenvalue weighted by Crippen LogP contribution is 2.15. The van der Waals surface area contributed by atoms with E-state index in [1.807, 2.05) is 0 Å². The number of rotatable bonds is 4. The number of amides is 1. The van der Waals surface area contributed by atoms with Crippen LogP contribution >= 0.6 is 11.6 Å². The predicted molar refractivity (Wildman–Crippen MR) is 67.5 cm³/mol. The summed E-state index contributed by atoms with van der Waals surface area (Å²) in [5.41, 5.74) is 0.694. The quantitative estimate of drug-likeness (QED) is 0.892. The summed E-state index contributed by atoms with van der Waals surface area (Å²) in [7, 11) is 0. The molecule has 5 heteroatoms. The van der Waals surface area contributed by atoms with Gasteiger partial charge in [-0.05, 0) is 29.8 Å². The first-order valence-electron chi connectivity index (χ1n) is 5.42. The molecule has 1 aromatic heterocycles. The average molecular weight is 266 g/mol. The van der Waals surface area contributed by atoms with Crippen LogP contribution in [0.1, 0.15) is 22.2 Å². The van der Waals surface area contributed by atoms with Crippen molar-refractivity contribution in [2.45, 2.75) is 6.10 Å². The maximum atomic E-state index is 11.6. The van der Waals surface area contributed by atoms with Gasteiger partial charge in [0.15, 0.2) is 5.76 Å². The first kappa shape index (κ1) is 12.7. The second-order valence-corrected chi connectivity index (χ2v) is 4.19. The number of aliphatic hydroxyl groups excluding tert-OH is 1. The summed E-state index contributed by atoms with van der Waals surface area (Å²) in [5.74, 6) is -0.133. The van der Waals surface area contributed by atoms with Crippen LogP contribution in [0.25, 0.3) is 0 Å². The lowest BCUT2D eigenvalue weighted by atomic mass is 10.1. The zero-order valence-electron chi connectivity index (χ0n) is 9.47. The van der Waals surface area contributed by atoms with Gasteiger partial charge in [0.05, 0.1) is 12.4 Å². The third kappa shape index (κ3) is 3.12. The maximum absolute atomic E-state index is 11.6. The minimum Gasteiger partial charge on any atom is -0.459 e. The number of halogens is 1. The van der Waals surface area contributed by atoms with E-state index in [0.29, 0.717) is 10.6 Å². The van der Waals surface area contributed by atoms with Crippen LogP contribution in [0.2, 0.25) is 5.02 Å². The van der Waals surface area contributed by atoms with Crippen molar-refractivity contribution in [2.75, 3.05) is 6.54 Å². The van der Waals surface area contributed by atoms with E-state index in [1.165, 1.54) is 6.26 Å². The van der Waals surface area contributed by atoms with Crippen molar-refractivity contribution in [3.05, 3.63) is 59.0 Å². The van der Waals surface area contributed by atoms with E-state index in [4.69, 9.17) is 16.0 Å². The lowest BCUT2D eigenvalue weighted by molar-refractivity contribution is 0.0889. The largest absolute Gasteiger partial charge is 0.459 e. The molecule has 1 amide bonds. The fourth-order valence-electron chi connectivity index (χ4n) is 1.49. The Hall–Kier alpha value is -1.78. The molecular formula is C13H12ClNO3. The molecule has 2 N–H and O–H groups in total. The molecule has 0 radical (unpaired) electrons. The van der Waals surface area contributed by atoms with E-state index in [0.717, 1.165) is 0 Å². The van der Waals surface area contributed by atoms with Crippen LogP contribution in [0, 0.1) is 0 Å². The van der Waals surface area contributed by atoms with Crippen LogP contribution in [0.4, 0.5) is 0 Å². The molecule has 0 fully saturated rings. The highest BCUT2D eigenvalue weighted by molar-refractivity contribution is 6.30. The molecular weight excluding hydrogens is 254 g/mol. The number of nitrogens with one attached hydrogen (secondary N) is 1. The molecule has 0 bridgehead atoms. The second-order valence-electron chi connectivity index (χ2n) is 3.75. The van der Waals surface area contributed by atoms with Crippen molar-refractivity contribution in [3.63, 3.8) is 0 Å². The number of benzene rings is 1. The zero-order valence-corrected chi connectivity index (χ0v) is 10.2. The topological polar surface area (TPSA) is 62.5 Å². The summed E-state index contributed by atoms with van der Waals surface area (Å²) in [5, 5.41) is 13.1. The Labute approximate surface area is 109 Å². The number of carbonyl (C=O) groups excluding carboxylic acids is 1. The van der Waals surface area contributed by atoms with Crippen LogP contribution in [-0.4, -0.2) is 17.6 Å². The highest BCUT2D eigenvalue weighted by atomic mass is 35.5. The van der Waals surface area contributed by atoms with Crippen molar-refractivity contribution in [3.8, 4) is 0 Å². The summed E-state index contributed by atoms with van der Waals surface area (Å²) >= 11 is 5.75. The monoisotopic (exact) mass is 265 g/mol. The Bertz CT molecular complexity index is 508. The van der Waals surface area contributed by atoms with Gasteiger partial charge in [-0.3, -0.25) is 4.79 Å². The lowest BCUT2D eigenvalue weighted by Gasteiger charge is -2.11. The van der Waals surface area contributed by atoms with Gasteiger partial charge < -0.3 is 14.8 Å². The average Bonchev–Trinajstić information content (AvgIpc) is 2.90. The number of hydrogen-bond acceptors (Lipinski definition) is 3. The zero-order chi connectivity index (χ0) is 13.0. The molecule has 4 nitrogen and oxygen atoms in total. The molecule has 0 saturated heterocycles. The maximum Gasteiger partial charge on any atom is 0.287 e. The van der Waals surface area contributed by atoms with E-state index in [9.17, 15) is 9.90 Å². The summed E-state index contributed by atoms with van der Waals surface area (Å²) in [6, 6.07) is 10.00. The van der Waals surface area contributed by atoms with Crippen LogP contribution in [0.3, 0.4) is 0 Å². The number of furan rings is 1. The van der Waals surface area contributed by atoms with Crippen LogP contribution in [0.5, 0.6) is 0 Å². The fourth-order valence-corrected chi connectivity index (χ4v) is 1.61. The first-order valence-corrected chi connectivity index (χ1v) is 5.80. The van der Waals surface area contributed by atoms with E-state index >= 15 is 0 Å². The molecule has 0 aliphatic heterocycles. The fraction of sp³-hybridized carbons (Fsp3) is 0.154. The molecule has 0 aliphatic rings. The van der Waals surface area contributed by atoms with Crippen molar-refractivity contribution >= 4 is 17.5 Å². The molecule has 1 heterocycles. The van der Waals surface area contributed by atoms with E-state index in [2.05, 4.69) is 5.32 Å². The van der Waals surface area contributed by atoms with Crippen molar-refractivity contribution in [1.29, 1.82) is 0 Å². The minimum atomic E-state index is -0.777. The molecule has 1 unspecified atom stereocenters. The predicted octanol–water partition coefficient (Wildman–Crippen LogP) is 2.40. The van der Waals surface area contributed by atoms with Gasteiger partial charge in [-0.2, -0.15) is 0 Å². The first-order chi connectivity index (χ1) is 8.66. The molecule has 2 aromatic rings. The van der Waals surface area contributed by atoms with Crippen LogP contribution < -0.4 is 5.32 Å². The minimum absolute atomic E-state index is 0.112. The van der Waals surface area contributed by atoms with Crippen LogP contribution in [-0.2, 0) is 0 Å². The number of carbonyl (C=O) groups is 1. The smallest absolute Gasteiger partial charge is 0.287 e. The highest BCUT2D eigenvalue weighted by Gasteiger charge is 2.12. The summed E-state index contributed by atoms with van der Waals surface area (Å²) in [6.07, 6.45) is 0.644. The third-order valence-electron chi connectivity index (χ3n) is 2.46. The van der Waals surface area contributed by atoms with Gasteiger partial charge in [0.25, 0.3) is 5.91 Å². The van der Waals surface area contributed by atoms with Crippen molar-refractivity contribution in [2.24, 2.45) is 0 Å². The molecule has 1 aromatic carbocycles. The van der Waals surface area contributed by atoms with E-state index in [1.54, 1.807) is 36.4 Å².